The molecule has 1 atom stereocenters. The Kier molecular flexibility index (Phi) is 5.87. The van der Waals surface area contributed by atoms with Crippen LogP contribution in [0.1, 0.15) is 31.4 Å². The van der Waals surface area contributed by atoms with Crippen molar-refractivity contribution in [2.45, 2.75) is 31.8 Å². The van der Waals surface area contributed by atoms with Crippen LogP contribution in [-0.2, 0) is 4.74 Å². The van der Waals surface area contributed by atoms with Gasteiger partial charge in [-0.1, -0.05) is 12.1 Å². The molecule has 3 heterocycles. The monoisotopic (exact) mass is 384 g/mol. The van der Waals surface area contributed by atoms with E-state index in [-0.39, 0.29) is 12.1 Å². The van der Waals surface area contributed by atoms with Gasteiger partial charge in [0.25, 0.3) is 0 Å². The highest BCUT2D eigenvalue weighted by Crippen LogP contribution is 2.18. The number of rotatable bonds is 4. The van der Waals surface area contributed by atoms with E-state index in [0.29, 0.717) is 6.04 Å². The maximum atomic E-state index is 12.7. The van der Waals surface area contributed by atoms with Crippen molar-refractivity contribution in [2.75, 3.05) is 39.4 Å². The van der Waals surface area contributed by atoms with Crippen molar-refractivity contribution in [1.29, 1.82) is 0 Å². The Bertz CT molecular complexity index is 750. The van der Waals surface area contributed by atoms with Crippen molar-refractivity contribution in [3.05, 3.63) is 42.5 Å². The maximum absolute atomic E-state index is 12.7. The smallest absolute Gasteiger partial charge is 0.317 e. The molecule has 2 saturated heterocycles. The largest absolute Gasteiger partial charge is 0.381 e. The van der Waals surface area contributed by atoms with Crippen molar-refractivity contribution in [3.8, 4) is 5.69 Å². The van der Waals surface area contributed by atoms with Crippen molar-refractivity contribution in [2.24, 2.45) is 0 Å². The number of ether oxygens (including phenoxy) is 1. The molecule has 1 aromatic heterocycles. The zero-order valence-corrected chi connectivity index (χ0v) is 16.3. The minimum absolute atomic E-state index is 0.0134. The zero-order valence-electron chi connectivity index (χ0n) is 16.3. The first-order valence-corrected chi connectivity index (χ1v) is 10.0. The molecule has 0 radical (unpaired) electrons. The van der Waals surface area contributed by atoms with Crippen molar-refractivity contribution < 1.29 is 9.53 Å². The third-order valence-corrected chi connectivity index (χ3v) is 5.73. The van der Waals surface area contributed by atoms with Crippen LogP contribution in [0.3, 0.4) is 0 Å². The number of hydrogen-bond donors (Lipinski definition) is 1. The summed E-state index contributed by atoms with van der Waals surface area (Å²) in [5.41, 5.74) is 2.02. The molecule has 1 aromatic carbocycles. The molecular weight excluding hydrogens is 356 g/mol. The van der Waals surface area contributed by atoms with Crippen LogP contribution in [0.5, 0.6) is 0 Å². The first-order valence-electron chi connectivity index (χ1n) is 10.0. The lowest BCUT2D eigenvalue weighted by molar-refractivity contribution is 0.0186. The summed E-state index contributed by atoms with van der Waals surface area (Å²) in [5, 5.41) is 7.26. The Morgan fingerprint density at radius 3 is 2.50 bits per heavy atom. The molecular formula is C20H28N6O2. The fourth-order valence-electron chi connectivity index (χ4n) is 3.96. The molecule has 8 heteroatoms. The van der Waals surface area contributed by atoms with Crippen LogP contribution in [0, 0.1) is 0 Å². The number of hydrogen-bond acceptors (Lipinski definition) is 5. The standard InChI is InChI=1S/C20H28N6O2/c1-16(17-2-4-19(5-3-17)26-15-21-14-22-26)23-20(27)25-10-8-24(9-11-25)18-6-12-28-13-7-18/h2-5,14-16,18H,6-13H2,1H3,(H,23,27)/t16-/m0/s1. The number of aromatic nitrogens is 3. The molecule has 1 N–H and O–H groups in total. The quantitative estimate of drug-likeness (QED) is 0.871. The minimum atomic E-state index is -0.0502. The first kappa shape index (κ1) is 18.9. The van der Waals surface area contributed by atoms with Crippen molar-refractivity contribution in [3.63, 3.8) is 0 Å². The molecule has 0 saturated carbocycles. The summed E-state index contributed by atoms with van der Waals surface area (Å²) in [4.78, 5) is 21.1. The van der Waals surface area contributed by atoms with Gasteiger partial charge < -0.3 is 15.0 Å². The van der Waals surface area contributed by atoms with E-state index in [1.54, 1.807) is 11.0 Å². The van der Waals surface area contributed by atoms with E-state index < -0.39 is 0 Å². The van der Waals surface area contributed by atoms with E-state index in [9.17, 15) is 4.79 Å². The third kappa shape index (κ3) is 4.34. The zero-order chi connectivity index (χ0) is 19.3. The lowest BCUT2D eigenvalue weighted by atomic mass is 10.1. The Balaban J connectivity index is 1.27. The third-order valence-electron chi connectivity index (χ3n) is 5.73. The van der Waals surface area contributed by atoms with Gasteiger partial charge in [-0.2, -0.15) is 5.10 Å². The molecule has 4 rings (SSSR count). The van der Waals surface area contributed by atoms with Gasteiger partial charge in [0.15, 0.2) is 0 Å². The van der Waals surface area contributed by atoms with Gasteiger partial charge in [0.2, 0.25) is 0 Å². The van der Waals surface area contributed by atoms with Gasteiger partial charge in [-0.25, -0.2) is 14.5 Å². The van der Waals surface area contributed by atoms with E-state index in [2.05, 4.69) is 20.3 Å². The van der Waals surface area contributed by atoms with Gasteiger partial charge in [-0.15, -0.1) is 0 Å². The highest BCUT2D eigenvalue weighted by Gasteiger charge is 2.27. The maximum Gasteiger partial charge on any atom is 0.317 e. The fraction of sp³-hybridized carbons (Fsp3) is 0.550. The lowest BCUT2D eigenvalue weighted by Crippen LogP contribution is -2.55. The molecule has 2 aromatic rings. The highest BCUT2D eigenvalue weighted by molar-refractivity contribution is 5.74. The normalized spacial score (nSPS) is 20.1. The molecule has 2 amide bonds. The number of piperazine rings is 1. The predicted molar refractivity (Wildman–Crippen MR) is 105 cm³/mol. The van der Waals surface area contributed by atoms with Gasteiger partial charge in [0.05, 0.1) is 11.7 Å². The molecule has 0 aliphatic carbocycles. The summed E-state index contributed by atoms with van der Waals surface area (Å²) in [6, 6.07) is 8.58. The van der Waals surface area contributed by atoms with Crippen LogP contribution in [0.2, 0.25) is 0 Å². The molecule has 0 bridgehead atoms. The minimum Gasteiger partial charge on any atom is -0.381 e. The Labute approximate surface area is 165 Å². The van der Waals surface area contributed by atoms with E-state index in [0.717, 1.165) is 63.5 Å². The average Bonchev–Trinajstić information content (AvgIpc) is 3.29. The summed E-state index contributed by atoms with van der Waals surface area (Å²) in [6.07, 6.45) is 5.39. The van der Waals surface area contributed by atoms with Crippen LogP contribution in [0.15, 0.2) is 36.9 Å². The van der Waals surface area contributed by atoms with Crippen LogP contribution in [-0.4, -0.2) is 76.0 Å². The molecule has 150 valence electrons. The first-order chi connectivity index (χ1) is 13.7. The average molecular weight is 384 g/mol. The van der Waals surface area contributed by atoms with E-state index >= 15 is 0 Å². The second-order valence-corrected chi connectivity index (χ2v) is 7.47. The van der Waals surface area contributed by atoms with Crippen LogP contribution in [0.25, 0.3) is 5.69 Å². The van der Waals surface area contributed by atoms with E-state index in [1.807, 2.05) is 36.1 Å². The molecule has 2 aliphatic rings. The number of amides is 2. The Hall–Kier alpha value is -2.45. The van der Waals surface area contributed by atoms with Crippen LogP contribution in [0.4, 0.5) is 4.79 Å². The van der Waals surface area contributed by atoms with Crippen LogP contribution >= 0.6 is 0 Å². The topological polar surface area (TPSA) is 75.5 Å². The summed E-state index contributed by atoms with van der Waals surface area (Å²) in [5.74, 6) is 0. The van der Waals surface area contributed by atoms with Gasteiger partial charge in [0.1, 0.15) is 12.7 Å². The SMILES string of the molecule is C[C@H](NC(=O)N1CCN(C2CCOCC2)CC1)c1ccc(-n2cncn2)cc1. The second-order valence-electron chi connectivity index (χ2n) is 7.47. The highest BCUT2D eigenvalue weighted by atomic mass is 16.5. The number of carbonyl (C=O) groups is 1. The Morgan fingerprint density at radius 2 is 1.86 bits per heavy atom. The molecule has 8 nitrogen and oxygen atoms in total. The summed E-state index contributed by atoms with van der Waals surface area (Å²) >= 11 is 0. The van der Waals surface area contributed by atoms with Crippen molar-refractivity contribution >= 4 is 6.03 Å². The van der Waals surface area contributed by atoms with E-state index in [1.165, 1.54) is 6.33 Å². The summed E-state index contributed by atoms with van der Waals surface area (Å²) in [7, 11) is 0. The number of nitrogens with one attached hydrogen (secondary N) is 1. The Morgan fingerprint density at radius 1 is 1.14 bits per heavy atom. The van der Waals surface area contributed by atoms with Gasteiger partial charge in [-0.05, 0) is 37.5 Å². The summed E-state index contributed by atoms with van der Waals surface area (Å²) < 4.78 is 7.17. The molecule has 2 aliphatic heterocycles. The second kappa shape index (κ2) is 8.70. The lowest BCUT2D eigenvalue weighted by Gasteiger charge is -2.40. The molecule has 2 fully saturated rings. The van der Waals surface area contributed by atoms with Gasteiger partial charge in [-0.3, -0.25) is 4.90 Å². The van der Waals surface area contributed by atoms with Crippen molar-refractivity contribution in [1.82, 2.24) is 29.9 Å². The molecule has 0 spiro atoms. The number of benzene rings is 1. The predicted octanol–water partition coefficient (Wildman–Crippen LogP) is 1.83. The number of urea groups is 1. The van der Waals surface area contributed by atoms with Gasteiger partial charge >= 0.3 is 6.03 Å². The van der Waals surface area contributed by atoms with E-state index in [4.69, 9.17) is 4.74 Å². The van der Waals surface area contributed by atoms with Gasteiger partial charge in [0, 0.05) is 45.4 Å². The summed E-state index contributed by atoms with van der Waals surface area (Å²) in [6.45, 7) is 7.18. The fourth-order valence-corrected chi connectivity index (χ4v) is 3.96. The molecule has 28 heavy (non-hydrogen) atoms. The number of nitrogens with zero attached hydrogens (tertiary/aromatic N) is 5. The molecule has 0 unspecified atom stereocenters. The van der Waals surface area contributed by atoms with Crippen LogP contribution < -0.4 is 5.32 Å². The number of carbonyl (C=O) groups excluding carboxylic acids is 1.